The molecule has 3 atom stereocenters. The number of aromatic nitrogens is 3. The summed E-state index contributed by atoms with van der Waals surface area (Å²) in [6, 6.07) is 11.3. The smallest absolute Gasteiger partial charge is 0.365 e. The quantitative estimate of drug-likeness (QED) is 0.587. The number of carbonyl (C=O) groups is 1. The third-order valence-corrected chi connectivity index (χ3v) is 6.63. The van der Waals surface area contributed by atoms with E-state index in [1.165, 1.54) is 6.07 Å². The lowest BCUT2D eigenvalue weighted by molar-refractivity contribution is -0.137. The molecule has 34 heavy (non-hydrogen) atoms. The van der Waals surface area contributed by atoms with Gasteiger partial charge >= 0.3 is 6.18 Å². The average molecular weight is 467 g/mol. The van der Waals surface area contributed by atoms with Crippen LogP contribution < -0.4 is 5.32 Å². The van der Waals surface area contributed by atoms with Crippen molar-refractivity contribution in [1.82, 2.24) is 19.9 Å². The number of pyridine rings is 3. The molecule has 5 heterocycles. The molecule has 3 aromatic rings. The number of rotatable bonds is 4. The molecule has 0 spiro atoms. The summed E-state index contributed by atoms with van der Waals surface area (Å²) in [7, 11) is 0. The molecular formula is C25H24F3N5O. The minimum atomic E-state index is -4.42. The zero-order chi connectivity index (χ0) is 23.9. The van der Waals surface area contributed by atoms with E-state index in [-0.39, 0.29) is 18.0 Å². The van der Waals surface area contributed by atoms with Crippen molar-refractivity contribution in [2.24, 2.45) is 5.92 Å². The second-order valence-corrected chi connectivity index (χ2v) is 8.95. The molecule has 1 saturated carbocycles. The molecule has 0 unspecified atom stereocenters. The number of nitrogens with one attached hydrogen (secondary N) is 1. The van der Waals surface area contributed by atoms with Gasteiger partial charge in [0.2, 0.25) is 0 Å². The SMILES string of the molecule is Cc1ccc(C(=O)N2C[C@H]3CC[C@H]2[C@H](Nc2ccc(C(F)(F)F)cn2)C3)c(-c2ccccn2)n1. The summed E-state index contributed by atoms with van der Waals surface area (Å²) in [6.45, 7) is 2.53. The van der Waals surface area contributed by atoms with Crippen LogP contribution in [0.3, 0.4) is 0 Å². The van der Waals surface area contributed by atoms with E-state index in [0.717, 1.165) is 37.2 Å². The first-order chi connectivity index (χ1) is 16.3. The van der Waals surface area contributed by atoms with E-state index in [2.05, 4.69) is 20.3 Å². The van der Waals surface area contributed by atoms with Crippen LogP contribution in [0.4, 0.5) is 19.0 Å². The Balaban J connectivity index is 1.40. The summed E-state index contributed by atoms with van der Waals surface area (Å²) in [5, 5.41) is 3.28. The van der Waals surface area contributed by atoms with Crippen LogP contribution >= 0.6 is 0 Å². The highest BCUT2D eigenvalue weighted by atomic mass is 19.4. The maximum Gasteiger partial charge on any atom is 0.417 e. The Bertz CT molecular complexity index is 1180. The summed E-state index contributed by atoms with van der Waals surface area (Å²) < 4.78 is 38.6. The van der Waals surface area contributed by atoms with E-state index in [0.29, 0.717) is 35.2 Å². The predicted molar refractivity (Wildman–Crippen MR) is 121 cm³/mol. The van der Waals surface area contributed by atoms with Gasteiger partial charge in [0.1, 0.15) is 11.5 Å². The molecule has 2 aliphatic heterocycles. The summed E-state index contributed by atoms with van der Waals surface area (Å²) in [4.78, 5) is 28.6. The molecule has 9 heteroatoms. The zero-order valence-corrected chi connectivity index (χ0v) is 18.6. The fourth-order valence-electron chi connectivity index (χ4n) is 5.00. The van der Waals surface area contributed by atoms with Gasteiger partial charge in [0.05, 0.1) is 22.9 Å². The first-order valence-corrected chi connectivity index (χ1v) is 11.3. The minimum absolute atomic E-state index is 0.0838. The number of alkyl halides is 3. The molecule has 1 N–H and O–H groups in total. The second kappa shape index (κ2) is 8.70. The fraction of sp³-hybridized carbons (Fsp3) is 0.360. The zero-order valence-electron chi connectivity index (χ0n) is 18.6. The molecular weight excluding hydrogens is 443 g/mol. The van der Waals surface area contributed by atoms with Gasteiger partial charge in [0.25, 0.3) is 5.91 Å². The standard InChI is InChI=1S/C25H24F3N5O/c1-15-5-8-18(23(31-15)19-4-2-3-11-29-19)24(34)33-14-16-6-9-21(33)20(12-16)32-22-10-7-17(13-30-22)25(26,27)28/h2-5,7-8,10-11,13,16,20-21H,6,9,12,14H2,1H3,(H,30,32)/t16-,20+,21-/m0/s1. The lowest BCUT2D eigenvalue weighted by Crippen LogP contribution is -2.59. The van der Waals surface area contributed by atoms with Crippen molar-refractivity contribution in [3.63, 3.8) is 0 Å². The van der Waals surface area contributed by atoms with Crippen LogP contribution in [-0.4, -0.2) is 44.4 Å². The van der Waals surface area contributed by atoms with E-state index in [4.69, 9.17) is 0 Å². The van der Waals surface area contributed by atoms with Gasteiger partial charge in [0, 0.05) is 30.7 Å². The van der Waals surface area contributed by atoms with Gasteiger partial charge in [-0.3, -0.25) is 14.8 Å². The van der Waals surface area contributed by atoms with E-state index in [9.17, 15) is 18.0 Å². The molecule has 1 amide bonds. The lowest BCUT2D eigenvalue weighted by atomic mass is 9.76. The van der Waals surface area contributed by atoms with Gasteiger partial charge in [-0.2, -0.15) is 13.2 Å². The van der Waals surface area contributed by atoms with Gasteiger partial charge in [-0.15, -0.1) is 0 Å². The summed E-state index contributed by atoms with van der Waals surface area (Å²) in [5.41, 5.74) is 1.71. The number of hydrogen-bond acceptors (Lipinski definition) is 5. The monoisotopic (exact) mass is 467 g/mol. The maximum absolute atomic E-state index is 13.7. The first-order valence-electron chi connectivity index (χ1n) is 11.3. The Morgan fingerprint density at radius 1 is 1.09 bits per heavy atom. The molecule has 2 bridgehead atoms. The first kappa shape index (κ1) is 22.3. The van der Waals surface area contributed by atoms with Crippen LogP contribution in [-0.2, 0) is 6.18 Å². The number of aryl methyl sites for hydroxylation is 1. The van der Waals surface area contributed by atoms with Crippen molar-refractivity contribution in [1.29, 1.82) is 0 Å². The summed E-state index contributed by atoms with van der Waals surface area (Å²) in [6.07, 6.45) is 0.776. The van der Waals surface area contributed by atoms with Gasteiger partial charge in [-0.1, -0.05) is 6.07 Å². The second-order valence-electron chi connectivity index (χ2n) is 8.95. The van der Waals surface area contributed by atoms with E-state index in [1.54, 1.807) is 12.3 Å². The Labute approximate surface area is 195 Å². The van der Waals surface area contributed by atoms with Crippen LogP contribution in [0.1, 0.15) is 40.9 Å². The summed E-state index contributed by atoms with van der Waals surface area (Å²) >= 11 is 0. The van der Waals surface area contributed by atoms with Crippen LogP contribution in [0.15, 0.2) is 54.9 Å². The van der Waals surface area contributed by atoms with Crippen molar-refractivity contribution in [3.8, 4) is 11.4 Å². The number of piperidine rings is 2. The summed E-state index contributed by atoms with van der Waals surface area (Å²) in [5.74, 6) is 0.594. The Morgan fingerprint density at radius 3 is 2.62 bits per heavy atom. The Hall–Kier alpha value is -3.49. The molecule has 1 aliphatic carbocycles. The fourth-order valence-corrected chi connectivity index (χ4v) is 5.00. The molecule has 6 rings (SSSR count). The largest absolute Gasteiger partial charge is 0.417 e. The normalized spacial score (nSPS) is 22.0. The Morgan fingerprint density at radius 2 is 1.94 bits per heavy atom. The highest BCUT2D eigenvalue weighted by Gasteiger charge is 2.43. The number of anilines is 1. The minimum Gasteiger partial charge on any atom is -0.365 e. The van der Waals surface area contributed by atoms with Crippen molar-refractivity contribution in [2.45, 2.75) is 44.4 Å². The highest BCUT2D eigenvalue weighted by molar-refractivity contribution is 6.00. The van der Waals surface area contributed by atoms with E-state index >= 15 is 0 Å². The van der Waals surface area contributed by atoms with Crippen LogP contribution in [0, 0.1) is 12.8 Å². The van der Waals surface area contributed by atoms with Crippen LogP contribution in [0.5, 0.6) is 0 Å². The molecule has 3 aliphatic rings. The molecule has 6 nitrogen and oxygen atoms in total. The van der Waals surface area contributed by atoms with Gasteiger partial charge in [0.15, 0.2) is 0 Å². The number of fused-ring (bicyclic) bond motifs is 3. The Kier molecular flexibility index (Phi) is 5.71. The number of halogens is 3. The number of carbonyl (C=O) groups excluding carboxylic acids is 1. The molecule has 0 aromatic carbocycles. The van der Waals surface area contributed by atoms with Gasteiger partial charge < -0.3 is 10.2 Å². The van der Waals surface area contributed by atoms with Crippen LogP contribution in [0.2, 0.25) is 0 Å². The molecule has 3 aromatic heterocycles. The third kappa shape index (κ3) is 4.34. The van der Waals surface area contributed by atoms with Crippen LogP contribution in [0.25, 0.3) is 11.4 Å². The molecule has 3 fully saturated rings. The highest BCUT2D eigenvalue weighted by Crippen LogP contribution is 2.38. The van der Waals surface area contributed by atoms with Crippen molar-refractivity contribution < 1.29 is 18.0 Å². The van der Waals surface area contributed by atoms with E-state index < -0.39 is 11.7 Å². The topological polar surface area (TPSA) is 71.0 Å². The lowest BCUT2D eigenvalue weighted by Gasteiger charge is -2.50. The predicted octanol–water partition coefficient (Wildman–Crippen LogP) is 4.97. The molecule has 2 saturated heterocycles. The van der Waals surface area contributed by atoms with Crippen molar-refractivity contribution in [2.75, 3.05) is 11.9 Å². The number of amides is 1. The van der Waals surface area contributed by atoms with E-state index in [1.807, 2.05) is 36.1 Å². The number of nitrogens with zero attached hydrogens (tertiary/aromatic N) is 4. The number of hydrogen-bond donors (Lipinski definition) is 1. The maximum atomic E-state index is 13.7. The molecule has 0 radical (unpaired) electrons. The third-order valence-electron chi connectivity index (χ3n) is 6.63. The molecule has 176 valence electrons. The van der Waals surface area contributed by atoms with Gasteiger partial charge in [-0.05, 0) is 68.5 Å². The average Bonchev–Trinajstić information content (AvgIpc) is 2.84. The van der Waals surface area contributed by atoms with Gasteiger partial charge in [-0.25, -0.2) is 4.98 Å². The van der Waals surface area contributed by atoms with Crippen molar-refractivity contribution >= 4 is 11.7 Å². The van der Waals surface area contributed by atoms with Crippen molar-refractivity contribution in [3.05, 3.63) is 71.7 Å².